The van der Waals surface area contributed by atoms with E-state index in [1.54, 1.807) is 27.5 Å². The summed E-state index contributed by atoms with van der Waals surface area (Å²) in [6.07, 6.45) is 2.28. The predicted octanol–water partition coefficient (Wildman–Crippen LogP) is 2.93. The van der Waals surface area contributed by atoms with Gasteiger partial charge >= 0.3 is 0 Å². The standard InChI is InChI=1S/C15H15F2IN2O2/c1-2-13(21)20-5-3-9(4-6-20)15(22)19-10-7-11(16)14(18)12(17)8-10/h2,7-9H,1,3-6H2,(H,19,22). The molecule has 0 bridgehead atoms. The van der Waals surface area contributed by atoms with Crippen molar-refractivity contribution in [2.75, 3.05) is 18.4 Å². The minimum atomic E-state index is -0.706. The normalized spacial score (nSPS) is 15.5. The summed E-state index contributed by atoms with van der Waals surface area (Å²) in [6.45, 7) is 4.37. The molecule has 1 aliphatic rings. The highest BCUT2D eigenvalue weighted by Gasteiger charge is 2.26. The lowest BCUT2D eigenvalue weighted by Gasteiger charge is -2.30. The largest absolute Gasteiger partial charge is 0.339 e. The van der Waals surface area contributed by atoms with Crippen molar-refractivity contribution in [2.24, 2.45) is 5.92 Å². The zero-order valence-corrected chi connectivity index (χ0v) is 13.9. The Morgan fingerprint density at radius 1 is 1.27 bits per heavy atom. The Kier molecular flexibility index (Phi) is 5.49. The van der Waals surface area contributed by atoms with Gasteiger partial charge in [-0.1, -0.05) is 6.58 Å². The number of nitrogens with zero attached hydrogens (tertiary/aromatic N) is 1. The van der Waals surface area contributed by atoms with Crippen LogP contribution >= 0.6 is 22.6 Å². The van der Waals surface area contributed by atoms with Crippen LogP contribution in [0, 0.1) is 21.1 Å². The number of halogens is 3. The number of hydrogen-bond acceptors (Lipinski definition) is 2. The summed E-state index contributed by atoms with van der Waals surface area (Å²) >= 11 is 1.57. The van der Waals surface area contributed by atoms with Crippen molar-refractivity contribution in [1.82, 2.24) is 4.90 Å². The molecule has 0 spiro atoms. The zero-order chi connectivity index (χ0) is 16.3. The van der Waals surface area contributed by atoms with E-state index >= 15 is 0 Å². The third kappa shape index (κ3) is 3.82. The van der Waals surface area contributed by atoms with Gasteiger partial charge in [0.2, 0.25) is 11.8 Å². The fourth-order valence-corrected chi connectivity index (χ4v) is 2.67. The number of benzene rings is 1. The maximum atomic E-state index is 13.5. The molecule has 1 saturated heterocycles. The van der Waals surface area contributed by atoms with Crippen molar-refractivity contribution in [3.05, 3.63) is 40.0 Å². The van der Waals surface area contributed by atoms with Gasteiger partial charge in [0, 0.05) is 24.7 Å². The minimum Gasteiger partial charge on any atom is -0.339 e. The van der Waals surface area contributed by atoms with E-state index in [-0.39, 0.29) is 27.0 Å². The third-order valence-corrected chi connectivity index (χ3v) is 4.63. The van der Waals surface area contributed by atoms with Gasteiger partial charge in [-0.3, -0.25) is 9.59 Å². The summed E-state index contributed by atoms with van der Waals surface area (Å²) < 4.78 is 26.8. The van der Waals surface area contributed by atoms with Crippen molar-refractivity contribution < 1.29 is 18.4 Å². The highest BCUT2D eigenvalue weighted by Crippen LogP contribution is 2.23. The van der Waals surface area contributed by atoms with E-state index in [0.29, 0.717) is 25.9 Å². The Labute approximate surface area is 140 Å². The van der Waals surface area contributed by atoms with Crippen LogP contribution in [0.15, 0.2) is 24.8 Å². The number of carbonyl (C=O) groups is 2. The fraction of sp³-hybridized carbons (Fsp3) is 0.333. The Hall–Kier alpha value is -1.51. The summed E-state index contributed by atoms with van der Waals surface area (Å²) in [4.78, 5) is 25.2. The summed E-state index contributed by atoms with van der Waals surface area (Å²) in [5.41, 5.74) is 0.102. The van der Waals surface area contributed by atoms with Crippen LogP contribution in [0.1, 0.15) is 12.8 Å². The molecular weight excluding hydrogens is 405 g/mol. The molecule has 1 N–H and O–H groups in total. The molecule has 22 heavy (non-hydrogen) atoms. The van der Waals surface area contributed by atoms with Crippen LogP contribution in [-0.4, -0.2) is 29.8 Å². The van der Waals surface area contributed by atoms with Gasteiger partial charge < -0.3 is 10.2 Å². The molecule has 0 unspecified atom stereocenters. The number of amides is 2. The second-order valence-electron chi connectivity index (χ2n) is 5.05. The lowest BCUT2D eigenvalue weighted by molar-refractivity contribution is -0.130. The van der Waals surface area contributed by atoms with Crippen LogP contribution in [0.5, 0.6) is 0 Å². The van der Waals surface area contributed by atoms with E-state index in [2.05, 4.69) is 11.9 Å². The number of likely N-dealkylation sites (tertiary alicyclic amines) is 1. The molecule has 1 heterocycles. The van der Waals surface area contributed by atoms with Crippen molar-refractivity contribution >= 4 is 40.1 Å². The van der Waals surface area contributed by atoms with Crippen LogP contribution in [-0.2, 0) is 9.59 Å². The Bertz CT molecular complexity index is 591. The topological polar surface area (TPSA) is 49.4 Å². The van der Waals surface area contributed by atoms with Crippen molar-refractivity contribution in [3.63, 3.8) is 0 Å². The van der Waals surface area contributed by atoms with E-state index in [1.807, 2.05) is 0 Å². The smallest absolute Gasteiger partial charge is 0.245 e. The molecule has 0 radical (unpaired) electrons. The average molecular weight is 420 g/mol. The maximum absolute atomic E-state index is 13.5. The van der Waals surface area contributed by atoms with Gasteiger partial charge in [0.15, 0.2) is 0 Å². The van der Waals surface area contributed by atoms with Crippen LogP contribution < -0.4 is 5.32 Å². The number of nitrogens with one attached hydrogen (secondary N) is 1. The van der Waals surface area contributed by atoms with E-state index in [9.17, 15) is 18.4 Å². The van der Waals surface area contributed by atoms with Gasteiger partial charge in [0.1, 0.15) is 11.6 Å². The number of rotatable bonds is 3. The molecule has 1 aromatic carbocycles. The average Bonchev–Trinajstić information content (AvgIpc) is 2.51. The number of carbonyl (C=O) groups excluding carboxylic acids is 2. The van der Waals surface area contributed by atoms with Crippen molar-refractivity contribution in [2.45, 2.75) is 12.8 Å². The molecule has 0 aromatic heterocycles. The molecule has 1 aliphatic heterocycles. The van der Waals surface area contributed by atoms with Crippen LogP contribution in [0.2, 0.25) is 0 Å². The first-order valence-electron chi connectivity index (χ1n) is 6.79. The van der Waals surface area contributed by atoms with Gasteiger partial charge in [-0.15, -0.1) is 0 Å². The van der Waals surface area contributed by atoms with Gasteiger partial charge in [-0.2, -0.15) is 0 Å². The fourth-order valence-electron chi connectivity index (χ4n) is 2.36. The lowest BCUT2D eigenvalue weighted by atomic mass is 9.95. The van der Waals surface area contributed by atoms with E-state index in [1.165, 1.54) is 6.08 Å². The minimum absolute atomic E-state index is 0.102. The van der Waals surface area contributed by atoms with Gasteiger partial charge in [-0.05, 0) is 53.6 Å². The highest BCUT2D eigenvalue weighted by molar-refractivity contribution is 14.1. The molecule has 7 heteroatoms. The van der Waals surface area contributed by atoms with Crippen LogP contribution in [0.3, 0.4) is 0 Å². The summed E-state index contributed by atoms with van der Waals surface area (Å²) in [5.74, 6) is -2.13. The molecule has 4 nitrogen and oxygen atoms in total. The molecule has 1 aromatic rings. The number of piperidine rings is 1. The molecule has 1 fully saturated rings. The molecule has 2 amide bonds. The van der Waals surface area contributed by atoms with Crippen molar-refractivity contribution in [1.29, 1.82) is 0 Å². The summed E-state index contributed by atoms with van der Waals surface area (Å²) in [6, 6.07) is 2.19. The summed E-state index contributed by atoms with van der Waals surface area (Å²) in [7, 11) is 0. The van der Waals surface area contributed by atoms with Gasteiger partial charge in [-0.25, -0.2) is 8.78 Å². The van der Waals surface area contributed by atoms with Crippen LogP contribution in [0.25, 0.3) is 0 Å². The first-order valence-corrected chi connectivity index (χ1v) is 7.87. The lowest BCUT2D eigenvalue weighted by Crippen LogP contribution is -2.40. The van der Waals surface area contributed by atoms with E-state index in [4.69, 9.17) is 0 Å². The molecule has 2 rings (SSSR count). The Morgan fingerprint density at radius 2 is 1.82 bits per heavy atom. The molecule has 118 valence electrons. The van der Waals surface area contributed by atoms with Crippen molar-refractivity contribution in [3.8, 4) is 0 Å². The van der Waals surface area contributed by atoms with Crippen LogP contribution in [0.4, 0.5) is 14.5 Å². The molecule has 0 saturated carbocycles. The van der Waals surface area contributed by atoms with E-state index < -0.39 is 11.6 Å². The molecule has 0 aliphatic carbocycles. The second-order valence-corrected chi connectivity index (χ2v) is 6.13. The SMILES string of the molecule is C=CC(=O)N1CCC(C(=O)Nc2cc(F)c(I)c(F)c2)CC1. The number of hydrogen-bond donors (Lipinski definition) is 1. The molecule has 0 atom stereocenters. The monoisotopic (exact) mass is 420 g/mol. The number of anilines is 1. The Balaban J connectivity index is 1.96. The van der Waals surface area contributed by atoms with Gasteiger partial charge in [0.05, 0.1) is 3.57 Å². The Morgan fingerprint density at radius 3 is 2.32 bits per heavy atom. The highest BCUT2D eigenvalue weighted by atomic mass is 127. The maximum Gasteiger partial charge on any atom is 0.245 e. The van der Waals surface area contributed by atoms with E-state index in [0.717, 1.165) is 12.1 Å². The third-order valence-electron chi connectivity index (χ3n) is 3.60. The quantitative estimate of drug-likeness (QED) is 0.465. The second kappa shape index (κ2) is 7.17. The zero-order valence-electron chi connectivity index (χ0n) is 11.7. The predicted molar refractivity (Wildman–Crippen MR) is 87.2 cm³/mol. The van der Waals surface area contributed by atoms with Gasteiger partial charge in [0.25, 0.3) is 0 Å². The first kappa shape index (κ1) is 16.9. The molecular formula is C15H15F2IN2O2. The first-order chi connectivity index (χ1) is 10.4. The summed E-state index contributed by atoms with van der Waals surface area (Å²) in [5, 5.41) is 2.53.